The van der Waals surface area contributed by atoms with Crippen molar-refractivity contribution in [1.29, 1.82) is 0 Å². The summed E-state index contributed by atoms with van der Waals surface area (Å²) in [6.07, 6.45) is 6.49. The van der Waals surface area contributed by atoms with Crippen LogP contribution >= 0.6 is 11.6 Å². The van der Waals surface area contributed by atoms with Gasteiger partial charge in [0, 0.05) is 48.8 Å². The van der Waals surface area contributed by atoms with E-state index in [2.05, 4.69) is 25.3 Å². The highest BCUT2D eigenvalue weighted by atomic mass is 35.5. The van der Waals surface area contributed by atoms with Crippen LogP contribution in [0.1, 0.15) is 30.2 Å². The number of aliphatic carboxylic acids is 1. The molecule has 4 aromatic heterocycles. The Hall–Kier alpha value is -3.46. The Morgan fingerprint density at radius 3 is 2.70 bits per heavy atom. The van der Waals surface area contributed by atoms with Crippen molar-refractivity contribution in [2.24, 2.45) is 5.92 Å². The van der Waals surface area contributed by atoms with Gasteiger partial charge in [-0.05, 0) is 19.9 Å². The summed E-state index contributed by atoms with van der Waals surface area (Å²) in [5, 5.41) is 13.8. The molecule has 0 aliphatic carbocycles. The van der Waals surface area contributed by atoms with Gasteiger partial charge in [-0.2, -0.15) is 0 Å². The zero-order chi connectivity index (χ0) is 21.6. The lowest BCUT2D eigenvalue weighted by molar-refractivity contribution is -0.142. The lowest BCUT2D eigenvalue weighted by atomic mass is 10.0. The maximum atomic E-state index is 12.4. The number of amides is 1. The number of H-pyrrole nitrogens is 1. The van der Waals surface area contributed by atoms with Gasteiger partial charge in [0.15, 0.2) is 5.82 Å². The van der Waals surface area contributed by atoms with E-state index in [0.717, 1.165) is 5.39 Å². The zero-order valence-corrected chi connectivity index (χ0v) is 17.2. The molecule has 1 amide bonds. The van der Waals surface area contributed by atoms with E-state index < -0.39 is 17.9 Å². The lowest BCUT2D eigenvalue weighted by Gasteiger charge is -2.18. The molecule has 3 N–H and O–H groups in total. The Labute approximate surface area is 176 Å². The van der Waals surface area contributed by atoms with Gasteiger partial charge in [-0.25, -0.2) is 15.0 Å². The molecule has 2 atom stereocenters. The summed E-state index contributed by atoms with van der Waals surface area (Å²) in [6, 6.07) is 1.33. The SMILES string of the molecule is CNC(=O)c1cn([C@@H](C)[C@H](C)C(=O)O)c2nc(-c3c[nH]c4ncc(Cl)cc34)ncc12. The number of hydrogen-bond donors (Lipinski definition) is 3. The first kappa shape index (κ1) is 19.8. The second-order valence-corrected chi connectivity index (χ2v) is 7.52. The maximum Gasteiger partial charge on any atom is 0.308 e. The van der Waals surface area contributed by atoms with E-state index in [9.17, 15) is 14.7 Å². The van der Waals surface area contributed by atoms with E-state index in [0.29, 0.717) is 38.7 Å². The number of fused-ring (bicyclic) bond motifs is 2. The van der Waals surface area contributed by atoms with Gasteiger partial charge >= 0.3 is 5.97 Å². The number of nitrogens with zero attached hydrogens (tertiary/aromatic N) is 4. The average Bonchev–Trinajstić information content (AvgIpc) is 3.32. The summed E-state index contributed by atoms with van der Waals surface area (Å²) >= 11 is 6.09. The van der Waals surface area contributed by atoms with Crippen LogP contribution in [0.2, 0.25) is 5.02 Å². The van der Waals surface area contributed by atoms with Crippen LogP contribution < -0.4 is 5.32 Å². The molecule has 4 rings (SSSR count). The van der Waals surface area contributed by atoms with Crippen LogP contribution in [-0.2, 0) is 4.79 Å². The first-order valence-electron chi connectivity index (χ1n) is 9.27. The molecule has 4 heterocycles. The molecule has 10 heteroatoms. The third kappa shape index (κ3) is 3.17. The molecule has 30 heavy (non-hydrogen) atoms. The summed E-state index contributed by atoms with van der Waals surface area (Å²) in [4.78, 5) is 40.3. The van der Waals surface area contributed by atoms with Gasteiger partial charge in [-0.15, -0.1) is 0 Å². The Morgan fingerprint density at radius 2 is 2.00 bits per heavy atom. The molecular weight excluding hydrogens is 408 g/mol. The van der Waals surface area contributed by atoms with Crippen LogP contribution in [0, 0.1) is 5.92 Å². The normalized spacial score (nSPS) is 13.5. The van der Waals surface area contributed by atoms with Crippen molar-refractivity contribution in [3.05, 3.63) is 41.4 Å². The van der Waals surface area contributed by atoms with Crippen molar-refractivity contribution in [2.45, 2.75) is 19.9 Å². The molecule has 0 bridgehead atoms. The summed E-state index contributed by atoms with van der Waals surface area (Å²) in [5.74, 6) is -1.51. The number of halogens is 1. The Balaban J connectivity index is 1.94. The molecule has 154 valence electrons. The smallest absolute Gasteiger partial charge is 0.308 e. The van der Waals surface area contributed by atoms with Gasteiger partial charge in [0.2, 0.25) is 0 Å². The van der Waals surface area contributed by atoms with E-state index in [4.69, 9.17) is 11.6 Å². The third-order valence-electron chi connectivity index (χ3n) is 5.33. The van der Waals surface area contributed by atoms with Gasteiger partial charge in [-0.1, -0.05) is 11.6 Å². The van der Waals surface area contributed by atoms with E-state index in [-0.39, 0.29) is 5.91 Å². The number of hydrogen-bond acceptors (Lipinski definition) is 5. The van der Waals surface area contributed by atoms with Gasteiger partial charge in [0.05, 0.1) is 21.9 Å². The fourth-order valence-corrected chi connectivity index (χ4v) is 3.55. The molecule has 0 saturated carbocycles. The van der Waals surface area contributed by atoms with Crippen LogP contribution in [0.4, 0.5) is 0 Å². The fourth-order valence-electron chi connectivity index (χ4n) is 3.40. The van der Waals surface area contributed by atoms with Crippen molar-refractivity contribution in [3.63, 3.8) is 0 Å². The molecule has 0 unspecified atom stereocenters. The monoisotopic (exact) mass is 426 g/mol. The molecule has 0 aliphatic rings. The Bertz CT molecular complexity index is 1290. The predicted molar refractivity (Wildman–Crippen MR) is 113 cm³/mol. The summed E-state index contributed by atoms with van der Waals surface area (Å²) in [6.45, 7) is 3.40. The predicted octanol–water partition coefficient (Wildman–Crippen LogP) is 3.27. The zero-order valence-electron chi connectivity index (χ0n) is 16.5. The van der Waals surface area contributed by atoms with E-state index >= 15 is 0 Å². The topological polar surface area (TPSA) is 126 Å². The third-order valence-corrected chi connectivity index (χ3v) is 5.54. The number of carbonyl (C=O) groups is 2. The second kappa shape index (κ2) is 7.42. The van der Waals surface area contributed by atoms with Gasteiger partial charge < -0.3 is 20.0 Å². The van der Waals surface area contributed by atoms with Crippen LogP contribution in [-0.4, -0.2) is 48.5 Å². The average molecular weight is 427 g/mol. The molecule has 0 aliphatic heterocycles. The van der Waals surface area contributed by atoms with Crippen molar-refractivity contribution < 1.29 is 14.7 Å². The van der Waals surface area contributed by atoms with Gasteiger partial charge in [0.1, 0.15) is 11.3 Å². The second-order valence-electron chi connectivity index (χ2n) is 7.08. The van der Waals surface area contributed by atoms with E-state index in [1.54, 1.807) is 49.3 Å². The summed E-state index contributed by atoms with van der Waals surface area (Å²) in [7, 11) is 1.53. The van der Waals surface area contributed by atoms with Crippen LogP contribution in [0.5, 0.6) is 0 Å². The number of carboxylic acid groups (broad SMARTS) is 1. The summed E-state index contributed by atoms with van der Waals surface area (Å²) in [5.41, 5.74) is 2.21. The number of aromatic amines is 1. The largest absolute Gasteiger partial charge is 0.481 e. The first-order chi connectivity index (χ1) is 14.3. The van der Waals surface area contributed by atoms with E-state index in [1.807, 2.05) is 0 Å². The Kier molecular flexibility index (Phi) is 4.90. The lowest BCUT2D eigenvalue weighted by Crippen LogP contribution is -2.21. The van der Waals surface area contributed by atoms with Crippen molar-refractivity contribution >= 4 is 45.5 Å². The molecule has 4 aromatic rings. The number of carbonyl (C=O) groups excluding carboxylic acids is 1. The number of carboxylic acids is 1. The molecule has 0 spiro atoms. The van der Waals surface area contributed by atoms with Gasteiger partial charge in [0.25, 0.3) is 5.91 Å². The van der Waals surface area contributed by atoms with Crippen LogP contribution in [0.15, 0.2) is 30.9 Å². The van der Waals surface area contributed by atoms with E-state index in [1.165, 1.54) is 7.05 Å². The molecule has 9 nitrogen and oxygen atoms in total. The highest BCUT2D eigenvalue weighted by Gasteiger charge is 2.26. The highest BCUT2D eigenvalue weighted by Crippen LogP contribution is 2.31. The van der Waals surface area contributed by atoms with Crippen LogP contribution in [0.25, 0.3) is 33.5 Å². The number of pyridine rings is 1. The molecule has 0 fully saturated rings. The number of nitrogens with one attached hydrogen (secondary N) is 2. The van der Waals surface area contributed by atoms with Crippen molar-refractivity contribution in [2.75, 3.05) is 7.05 Å². The summed E-state index contributed by atoms with van der Waals surface area (Å²) < 4.78 is 1.71. The first-order valence-corrected chi connectivity index (χ1v) is 9.65. The minimum atomic E-state index is -0.933. The maximum absolute atomic E-state index is 12.4. The number of rotatable bonds is 5. The highest BCUT2D eigenvalue weighted by molar-refractivity contribution is 6.31. The van der Waals surface area contributed by atoms with Gasteiger partial charge in [-0.3, -0.25) is 9.59 Å². The minimum Gasteiger partial charge on any atom is -0.481 e. The standard InChI is InChI=1S/C20H19ClN6O3/c1-9(20(29)30)10(2)27-8-15(19(28)22-3)14-7-25-17(26-18(14)27)13-6-24-16-12(13)4-11(21)5-23-16/h4-10H,1-3H3,(H,22,28)(H,23,24)(H,29,30)/t9-,10-/m0/s1. The molecular formula is C20H19ClN6O3. The van der Waals surface area contributed by atoms with Crippen molar-refractivity contribution in [1.82, 2.24) is 29.8 Å². The molecule has 0 saturated heterocycles. The number of aromatic nitrogens is 5. The molecule has 0 aromatic carbocycles. The van der Waals surface area contributed by atoms with Crippen molar-refractivity contribution in [3.8, 4) is 11.4 Å². The Morgan fingerprint density at radius 1 is 1.23 bits per heavy atom. The molecule has 0 radical (unpaired) electrons. The fraction of sp³-hybridized carbons (Fsp3) is 0.250. The van der Waals surface area contributed by atoms with Crippen LogP contribution in [0.3, 0.4) is 0 Å². The minimum absolute atomic E-state index is 0.298. The quantitative estimate of drug-likeness (QED) is 0.449.